The third-order valence-corrected chi connectivity index (χ3v) is 30.0. The largest absolute Gasteiger partial charge is 0.478 e. The average molecular weight is 1870 g/mol. The van der Waals surface area contributed by atoms with Crippen molar-refractivity contribution >= 4 is 73.8 Å². The molecule has 9 aliphatic rings. The van der Waals surface area contributed by atoms with Crippen LogP contribution in [0, 0.1) is 29.5 Å². The number of halogens is 6. The van der Waals surface area contributed by atoms with Gasteiger partial charge in [-0.05, 0) is 263 Å². The molecule has 2 aromatic carbocycles. The van der Waals surface area contributed by atoms with Gasteiger partial charge in [-0.15, -0.1) is 0 Å². The summed E-state index contributed by atoms with van der Waals surface area (Å²) >= 11 is 11.9. The molecule has 0 aliphatic heterocycles. The fraction of sp³-hybridized carbons (Fsp3) is 0.453. The second-order valence-electron chi connectivity index (χ2n) is 38.4. The number of fused-ring (bicyclic) bond motifs is 6. The first kappa shape index (κ1) is 93.7. The first-order chi connectivity index (χ1) is 65.1. The molecule has 8 saturated carbocycles. The van der Waals surface area contributed by atoms with Crippen LogP contribution in [0.1, 0.15) is 360 Å². The summed E-state index contributed by atoms with van der Waals surface area (Å²) in [5.41, 5.74) is 16.7. The monoisotopic (exact) mass is 1860 g/mol. The van der Waals surface area contributed by atoms with Crippen LogP contribution in [-0.4, -0.2) is 110 Å². The van der Waals surface area contributed by atoms with Gasteiger partial charge in [-0.25, -0.2) is 39.1 Å². The molecule has 8 fully saturated rings. The number of carbonyl (C=O) groups excluding carboxylic acids is 1. The minimum atomic E-state index is -4.57. The molecule has 134 heavy (non-hydrogen) atoms. The molecule has 0 spiro atoms. The van der Waals surface area contributed by atoms with Gasteiger partial charge in [-0.3, -0.25) is 26.8 Å². The van der Waals surface area contributed by atoms with E-state index < -0.39 is 53.0 Å². The number of hydrogen-bond acceptors (Lipinski definition) is 14. The Morgan fingerprint density at radius 3 is 1.19 bits per heavy atom. The van der Waals surface area contributed by atoms with Gasteiger partial charge in [0.1, 0.15) is 18.3 Å². The van der Waals surface area contributed by atoms with Crippen LogP contribution in [0.3, 0.4) is 0 Å². The normalized spacial score (nSPS) is 19.1. The molecule has 28 heteroatoms. The summed E-state index contributed by atoms with van der Waals surface area (Å²) in [4.78, 5) is 48.4. The Kier molecular flexibility index (Phi) is 29.3. The van der Waals surface area contributed by atoms with E-state index in [0.29, 0.717) is 52.3 Å². The van der Waals surface area contributed by atoms with Crippen molar-refractivity contribution in [3.05, 3.63) is 291 Å². The summed E-state index contributed by atoms with van der Waals surface area (Å²) in [7, 11) is 0. The number of imidazole rings is 6. The molecule has 0 radical (unpaired) electrons. The SMILES string of the molecule is O=C(NC1CC1)c1cccc(C(O)c2c(C3CC3)ccc3cncn23)c1.O=C(O)c1cccc(C(O)c2c(C3CC3)ccc3cncn23)c1.OC(c1c(C2=CCCC2)ccc2cncn12)C1CCCCC1.OC(c1c(C2CCCC2)ccc2cncn12)C1CCCCC1.OC(c1c(Cl)c(C(F)(F)F)cc2cncn12)C1CCCCC1.OC(c1c(F)c(Cl)cc2cncn12)C1CCCCC1. The Labute approximate surface area is 786 Å². The Bertz CT molecular complexity index is 6470. The van der Waals surface area contributed by atoms with Crippen molar-refractivity contribution in [2.45, 2.75) is 278 Å². The average Bonchev–Trinajstić information content (AvgIpc) is 1.22. The van der Waals surface area contributed by atoms with E-state index in [1.165, 1.54) is 141 Å². The van der Waals surface area contributed by atoms with Crippen molar-refractivity contribution in [1.82, 2.24) is 61.6 Å². The lowest BCUT2D eigenvalue weighted by Crippen LogP contribution is -2.25. The maximum absolute atomic E-state index is 14.3. The number of carboxylic acids is 1. The molecule has 12 aromatic heterocycles. The number of benzene rings is 2. The molecule has 1 amide bonds. The van der Waals surface area contributed by atoms with Crippen molar-refractivity contribution in [1.29, 1.82) is 0 Å². The first-order valence-electron chi connectivity index (χ1n) is 48.4. The third kappa shape index (κ3) is 20.8. The molecule has 6 unspecified atom stereocenters. The lowest BCUT2D eigenvalue weighted by atomic mass is 9.81. The molecule has 12 heterocycles. The van der Waals surface area contributed by atoms with E-state index in [4.69, 9.17) is 28.3 Å². The fourth-order valence-corrected chi connectivity index (χ4v) is 22.2. The number of aliphatic hydroxyl groups is 6. The summed E-state index contributed by atoms with van der Waals surface area (Å²) in [6.45, 7) is 0. The predicted octanol–water partition coefficient (Wildman–Crippen LogP) is 23.7. The van der Waals surface area contributed by atoms with Crippen molar-refractivity contribution in [3.63, 3.8) is 0 Å². The predicted molar refractivity (Wildman–Crippen MR) is 508 cm³/mol. The smallest absolute Gasteiger partial charge is 0.417 e. The highest BCUT2D eigenvalue weighted by atomic mass is 35.5. The number of alkyl halides is 3. The number of pyridine rings is 6. The second-order valence-corrected chi connectivity index (χ2v) is 39.1. The van der Waals surface area contributed by atoms with E-state index in [-0.39, 0.29) is 57.4 Å². The van der Waals surface area contributed by atoms with Gasteiger partial charge in [0, 0.05) is 11.6 Å². The van der Waals surface area contributed by atoms with Crippen LogP contribution in [0.2, 0.25) is 10.0 Å². The number of rotatable bonds is 19. The minimum Gasteiger partial charge on any atom is -0.478 e. The van der Waals surface area contributed by atoms with Crippen LogP contribution >= 0.6 is 23.2 Å². The maximum Gasteiger partial charge on any atom is 0.417 e. The number of nitrogens with one attached hydrogen (secondary N) is 1. The summed E-state index contributed by atoms with van der Waals surface area (Å²) in [5, 5.41) is 77.3. The van der Waals surface area contributed by atoms with Crippen LogP contribution < -0.4 is 5.32 Å². The van der Waals surface area contributed by atoms with Crippen molar-refractivity contribution in [3.8, 4) is 0 Å². The first-order valence-corrected chi connectivity index (χ1v) is 49.2. The summed E-state index contributed by atoms with van der Waals surface area (Å²) in [6, 6.07) is 33.5. The lowest BCUT2D eigenvalue weighted by Gasteiger charge is -2.30. The quantitative estimate of drug-likeness (QED) is 0.0349. The molecule has 0 bridgehead atoms. The van der Waals surface area contributed by atoms with E-state index in [1.807, 2.05) is 58.1 Å². The van der Waals surface area contributed by atoms with Crippen LogP contribution in [-0.2, 0) is 6.18 Å². The third-order valence-electron chi connectivity index (χ3n) is 29.3. The van der Waals surface area contributed by atoms with Crippen LogP contribution in [0.5, 0.6) is 0 Å². The highest BCUT2D eigenvalue weighted by molar-refractivity contribution is 6.32. The fourth-order valence-electron chi connectivity index (χ4n) is 21.6. The number of carbonyl (C=O) groups is 2. The number of amides is 1. The van der Waals surface area contributed by atoms with Crippen LogP contribution in [0.4, 0.5) is 17.6 Å². The van der Waals surface area contributed by atoms with E-state index in [0.717, 1.165) is 197 Å². The van der Waals surface area contributed by atoms with Gasteiger partial charge < -0.3 is 45.5 Å². The topological polar surface area (TPSA) is 292 Å². The van der Waals surface area contributed by atoms with E-state index in [1.54, 1.807) is 59.9 Å². The Balaban J connectivity index is 0.000000108. The Morgan fingerprint density at radius 1 is 0.388 bits per heavy atom. The number of hydrogen-bond donors (Lipinski definition) is 8. The van der Waals surface area contributed by atoms with E-state index in [9.17, 15) is 57.8 Å². The molecule has 14 aromatic rings. The summed E-state index contributed by atoms with van der Waals surface area (Å²) < 4.78 is 65.0. The molecule has 23 rings (SSSR count). The molecule has 6 atom stereocenters. The molecule has 8 N–H and O–H groups in total. The molecular weight excluding hydrogens is 1750 g/mol. The van der Waals surface area contributed by atoms with Gasteiger partial charge in [-0.1, -0.05) is 168 Å². The molecule has 0 saturated heterocycles. The number of allylic oxidation sites excluding steroid dienone is 2. The van der Waals surface area contributed by atoms with Gasteiger partial charge in [-0.2, -0.15) is 13.2 Å². The van der Waals surface area contributed by atoms with Crippen molar-refractivity contribution < 1.29 is 62.9 Å². The molecule has 22 nitrogen and oxygen atoms in total. The summed E-state index contributed by atoms with van der Waals surface area (Å²) in [5.74, 6) is 0.844. The molecule has 9 aliphatic carbocycles. The van der Waals surface area contributed by atoms with Crippen LogP contribution in [0.15, 0.2) is 190 Å². The number of carboxylic acid groups (broad SMARTS) is 1. The van der Waals surface area contributed by atoms with Crippen molar-refractivity contribution in [2.75, 3.05) is 0 Å². The van der Waals surface area contributed by atoms with E-state index in [2.05, 4.69) is 86.5 Å². The Hall–Kier alpha value is -10.7. The number of aromatic carboxylic acids is 1. The van der Waals surface area contributed by atoms with Gasteiger partial charge >= 0.3 is 12.1 Å². The molecule has 704 valence electrons. The lowest BCUT2D eigenvalue weighted by molar-refractivity contribution is -0.137. The highest BCUT2D eigenvalue weighted by Crippen LogP contribution is 2.50. The van der Waals surface area contributed by atoms with Gasteiger partial charge in [0.25, 0.3) is 5.91 Å². The molecular formula is C106H119Cl2F4N13O9. The van der Waals surface area contributed by atoms with Gasteiger partial charge in [0.05, 0.1) is 182 Å². The number of aromatic nitrogens is 12. The second kappa shape index (κ2) is 41.9. The van der Waals surface area contributed by atoms with Gasteiger partial charge in [0.15, 0.2) is 5.82 Å². The zero-order valence-electron chi connectivity index (χ0n) is 75.4. The van der Waals surface area contributed by atoms with E-state index >= 15 is 0 Å². The number of nitrogens with zero attached hydrogens (tertiary/aromatic N) is 12. The van der Waals surface area contributed by atoms with Crippen LogP contribution in [0.25, 0.3) is 38.7 Å². The zero-order chi connectivity index (χ0) is 92.8. The highest BCUT2D eigenvalue weighted by Gasteiger charge is 2.40. The number of aliphatic hydroxyl groups excluding tert-OH is 6. The van der Waals surface area contributed by atoms with Gasteiger partial charge in [0.2, 0.25) is 0 Å². The maximum atomic E-state index is 14.3. The summed E-state index contributed by atoms with van der Waals surface area (Å²) in [6.07, 6.45) is 51.5. The zero-order valence-corrected chi connectivity index (χ0v) is 76.9. The standard InChI is InChI=1S/C21H21N3O2.C19H26N2O.C19H24N2O.C18H16N2O3.C15H16ClF3N2O.C14H16ClFN2O/c25-20(14-2-1-3-15(10-14)21(26)23-16-6-7-16)19-18(13-4-5-13)9-8-17-11-22-12-24(17)19;2*22-19(15-8-2-1-3-9-15)18-17(14-6-4-5-7-14)11-10-16-12-20-13-21(16)18;21-17(12-2-1-3-13(8-12)18(22)23)16-15(11-4-5-11)7-6-14-9-19-10-20(14)16;16-12-11(15(17,18)19)6-10-7-20-8-21(10)13(12)14(22)9-4-2-1-3-5-9;15-11-6-10-7-17-8-18(10)13(12(11)16)14(19)9-4-2-1-3-5-9/h1-3,8-13,16,20,25H,4-7H2,(H,23,26);10-15,19,22H,1-9H2;6,10-13,15,19,22H,1-5,7-9H2;1-3,6-11,17,21H,4-5H2,(H,22,23);6-9,14,22H,1-5H2;6-9,14,19H,1-5H2. The minimum absolute atomic E-state index is 0.0397. The van der Waals surface area contributed by atoms with Crippen molar-refractivity contribution in [2.24, 2.45) is 23.7 Å². The Morgan fingerprint density at radius 2 is 0.754 bits per heavy atom.